The number of pyridine rings is 1. The Morgan fingerprint density at radius 2 is 1.92 bits per heavy atom. The summed E-state index contributed by atoms with van der Waals surface area (Å²) in [7, 11) is 0. The third-order valence-corrected chi connectivity index (χ3v) is 3.77. The van der Waals surface area contributed by atoms with Crippen LogP contribution < -0.4 is 10.1 Å². The highest BCUT2D eigenvalue weighted by atomic mass is 16.5. The number of hydrogen-bond donors (Lipinski definition) is 1. The minimum Gasteiger partial charge on any atom is -0.473 e. The standard InChI is InChI=1S/C19H15N5O2/c25-19(16-12-22-24-17(16)7-4-9-21-24)23-15-8-10-20-18(11-15)26-13-14-5-2-1-3-6-14/h1-12H,13H2,(H,20,23,25). The van der Waals surface area contributed by atoms with E-state index in [1.165, 1.54) is 10.8 Å². The van der Waals surface area contributed by atoms with E-state index in [1.807, 2.05) is 30.3 Å². The lowest BCUT2D eigenvalue weighted by molar-refractivity contribution is 0.102. The highest BCUT2D eigenvalue weighted by Crippen LogP contribution is 2.17. The van der Waals surface area contributed by atoms with Crippen molar-refractivity contribution in [3.8, 4) is 5.88 Å². The maximum atomic E-state index is 12.5. The van der Waals surface area contributed by atoms with Crippen LogP contribution in [0.25, 0.3) is 5.52 Å². The summed E-state index contributed by atoms with van der Waals surface area (Å²) in [6.07, 6.45) is 4.69. The Labute approximate surface area is 149 Å². The fraction of sp³-hybridized carbons (Fsp3) is 0.0526. The quantitative estimate of drug-likeness (QED) is 0.601. The second kappa shape index (κ2) is 7.02. The molecule has 3 heterocycles. The van der Waals surface area contributed by atoms with Gasteiger partial charge in [-0.05, 0) is 23.8 Å². The molecule has 7 heteroatoms. The summed E-state index contributed by atoms with van der Waals surface area (Å²) < 4.78 is 7.10. The van der Waals surface area contributed by atoms with Crippen LogP contribution in [-0.4, -0.2) is 25.7 Å². The number of carbonyl (C=O) groups is 1. The zero-order valence-corrected chi connectivity index (χ0v) is 13.7. The van der Waals surface area contributed by atoms with Crippen molar-refractivity contribution < 1.29 is 9.53 Å². The number of anilines is 1. The Morgan fingerprint density at radius 1 is 1.04 bits per heavy atom. The van der Waals surface area contributed by atoms with Gasteiger partial charge in [0.2, 0.25) is 5.88 Å². The highest BCUT2D eigenvalue weighted by Gasteiger charge is 2.13. The maximum absolute atomic E-state index is 12.5. The molecule has 0 radical (unpaired) electrons. The van der Waals surface area contributed by atoms with Crippen LogP contribution in [0.4, 0.5) is 5.69 Å². The number of hydrogen-bond acceptors (Lipinski definition) is 5. The molecule has 128 valence electrons. The molecule has 0 unspecified atom stereocenters. The normalized spacial score (nSPS) is 10.6. The number of carbonyl (C=O) groups excluding carboxylic acids is 1. The van der Waals surface area contributed by atoms with E-state index in [4.69, 9.17) is 4.74 Å². The lowest BCUT2D eigenvalue weighted by Crippen LogP contribution is -2.12. The molecule has 3 aromatic heterocycles. The van der Waals surface area contributed by atoms with E-state index in [9.17, 15) is 4.79 Å². The SMILES string of the molecule is O=C(Nc1ccnc(OCc2ccccc2)c1)c1cnn2ncccc12. The largest absolute Gasteiger partial charge is 0.473 e. The van der Waals surface area contributed by atoms with Gasteiger partial charge in [0.1, 0.15) is 12.1 Å². The Bertz CT molecular complexity index is 1050. The van der Waals surface area contributed by atoms with E-state index in [0.29, 0.717) is 29.3 Å². The molecule has 0 aliphatic rings. The van der Waals surface area contributed by atoms with E-state index in [0.717, 1.165) is 5.56 Å². The van der Waals surface area contributed by atoms with E-state index >= 15 is 0 Å². The molecular weight excluding hydrogens is 330 g/mol. The predicted molar refractivity (Wildman–Crippen MR) is 96.0 cm³/mol. The van der Waals surface area contributed by atoms with E-state index in [1.54, 1.807) is 36.7 Å². The van der Waals surface area contributed by atoms with Gasteiger partial charge in [-0.15, -0.1) is 0 Å². The smallest absolute Gasteiger partial charge is 0.259 e. The molecule has 4 aromatic rings. The third-order valence-electron chi connectivity index (χ3n) is 3.77. The average molecular weight is 345 g/mol. The Kier molecular flexibility index (Phi) is 4.26. The van der Waals surface area contributed by atoms with Gasteiger partial charge in [0.25, 0.3) is 5.91 Å². The number of rotatable bonds is 5. The number of fused-ring (bicyclic) bond motifs is 1. The summed E-state index contributed by atoms with van der Waals surface area (Å²) >= 11 is 0. The van der Waals surface area contributed by atoms with Crippen LogP contribution >= 0.6 is 0 Å². The van der Waals surface area contributed by atoms with Crippen LogP contribution in [0, 0.1) is 0 Å². The summed E-state index contributed by atoms with van der Waals surface area (Å²) in [6, 6.07) is 16.7. The zero-order valence-electron chi connectivity index (χ0n) is 13.7. The molecule has 1 amide bonds. The lowest BCUT2D eigenvalue weighted by Gasteiger charge is -2.08. The molecule has 0 saturated carbocycles. The number of ether oxygens (including phenoxy) is 1. The van der Waals surface area contributed by atoms with E-state index < -0.39 is 0 Å². The van der Waals surface area contributed by atoms with Crippen molar-refractivity contribution in [1.29, 1.82) is 0 Å². The summed E-state index contributed by atoms with van der Waals surface area (Å²) in [5.41, 5.74) is 2.72. The molecule has 0 aliphatic carbocycles. The molecule has 1 N–H and O–H groups in total. The second-order valence-corrected chi connectivity index (χ2v) is 5.57. The zero-order chi connectivity index (χ0) is 17.8. The monoisotopic (exact) mass is 345 g/mol. The summed E-state index contributed by atoms with van der Waals surface area (Å²) in [5.74, 6) is 0.168. The van der Waals surface area contributed by atoms with Crippen molar-refractivity contribution in [3.05, 3.63) is 84.3 Å². The summed E-state index contributed by atoms with van der Waals surface area (Å²) in [4.78, 5) is 16.7. The van der Waals surface area contributed by atoms with Crippen LogP contribution in [0.2, 0.25) is 0 Å². The van der Waals surface area contributed by atoms with Crippen LogP contribution in [0.5, 0.6) is 5.88 Å². The molecule has 7 nitrogen and oxygen atoms in total. The number of nitrogens with one attached hydrogen (secondary N) is 1. The highest BCUT2D eigenvalue weighted by molar-refractivity contribution is 6.08. The number of benzene rings is 1. The number of aromatic nitrogens is 4. The first-order valence-corrected chi connectivity index (χ1v) is 8.03. The van der Waals surface area contributed by atoms with Crippen molar-refractivity contribution in [2.24, 2.45) is 0 Å². The molecule has 4 rings (SSSR count). The Balaban J connectivity index is 1.47. The second-order valence-electron chi connectivity index (χ2n) is 5.57. The van der Waals surface area contributed by atoms with Gasteiger partial charge in [-0.25, -0.2) is 4.98 Å². The van der Waals surface area contributed by atoms with E-state index in [-0.39, 0.29) is 5.91 Å². The van der Waals surface area contributed by atoms with Gasteiger partial charge in [-0.2, -0.15) is 14.8 Å². The molecule has 26 heavy (non-hydrogen) atoms. The Morgan fingerprint density at radius 3 is 2.81 bits per heavy atom. The van der Waals surface area contributed by atoms with Gasteiger partial charge in [0.15, 0.2) is 0 Å². The minimum absolute atomic E-state index is 0.270. The number of amides is 1. The molecule has 0 atom stereocenters. The average Bonchev–Trinajstić information content (AvgIpc) is 3.12. The molecule has 0 spiro atoms. The van der Waals surface area contributed by atoms with Crippen LogP contribution in [0.15, 0.2) is 73.2 Å². The van der Waals surface area contributed by atoms with Crippen LogP contribution in [0.3, 0.4) is 0 Å². The minimum atomic E-state index is -0.270. The van der Waals surface area contributed by atoms with Crippen molar-refractivity contribution in [1.82, 2.24) is 19.8 Å². The first-order chi connectivity index (χ1) is 12.8. The predicted octanol–water partition coefficient (Wildman–Crippen LogP) is 2.96. The molecule has 0 saturated heterocycles. The fourth-order valence-electron chi connectivity index (χ4n) is 2.50. The number of nitrogens with zero attached hydrogens (tertiary/aromatic N) is 4. The Hall–Kier alpha value is -3.74. The first-order valence-electron chi connectivity index (χ1n) is 8.03. The first kappa shape index (κ1) is 15.8. The molecular formula is C19H15N5O2. The fourth-order valence-corrected chi connectivity index (χ4v) is 2.50. The van der Waals surface area contributed by atoms with Crippen molar-refractivity contribution in [3.63, 3.8) is 0 Å². The summed E-state index contributed by atoms with van der Waals surface area (Å²) in [6.45, 7) is 0.408. The van der Waals surface area contributed by atoms with Crippen molar-refractivity contribution in [2.45, 2.75) is 6.61 Å². The van der Waals surface area contributed by atoms with Crippen molar-refractivity contribution in [2.75, 3.05) is 5.32 Å². The lowest BCUT2D eigenvalue weighted by atomic mass is 10.2. The van der Waals surface area contributed by atoms with Gasteiger partial charge >= 0.3 is 0 Å². The summed E-state index contributed by atoms with van der Waals surface area (Å²) in [5, 5.41) is 11.0. The van der Waals surface area contributed by atoms with Crippen LogP contribution in [-0.2, 0) is 6.61 Å². The van der Waals surface area contributed by atoms with Crippen LogP contribution in [0.1, 0.15) is 15.9 Å². The van der Waals surface area contributed by atoms with Crippen molar-refractivity contribution >= 4 is 17.1 Å². The molecule has 0 fully saturated rings. The molecule has 1 aromatic carbocycles. The topological polar surface area (TPSA) is 81.4 Å². The maximum Gasteiger partial charge on any atom is 0.259 e. The van der Waals surface area contributed by atoms with Gasteiger partial charge in [-0.3, -0.25) is 4.79 Å². The van der Waals surface area contributed by atoms with E-state index in [2.05, 4.69) is 20.5 Å². The molecule has 0 bridgehead atoms. The van der Waals surface area contributed by atoms with Gasteiger partial charge in [-0.1, -0.05) is 30.3 Å². The van der Waals surface area contributed by atoms with Gasteiger partial charge in [0, 0.05) is 24.1 Å². The van der Waals surface area contributed by atoms with Gasteiger partial charge in [0.05, 0.1) is 11.8 Å². The van der Waals surface area contributed by atoms with Gasteiger partial charge < -0.3 is 10.1 Å². The third kappa shape index (κ3) is 3.36. The molecule has 0 aliphatic heterocycles.